The van der Waals surface area contributed by atoms with Crippen LogP contribution >= 0.6 is 0 Å². The molecule has 1 aromatic carbocycles. The Morgan fingerprint density at radius 2 is 2.05 bits per heavy atom. The molecule has 1 aromatic heterocycles. The molecule has 5 heteroatoms. The van der Waals surface area contributed by atoms with Crippen molar-refractivity contribution in [2.24, 2.45) is 5.92 Å². The fraction of sp³-hybridized carbons (Fsp3) is 0.500. The summed E-state index contributed by atoms with van der Waals surface area (Å²) in [6.07, 6.45) is 6.44. The average Bonchev–Trinajstić information content (AvgIpc) is 2.88. The molecule has 0 bridgehead atoms. The van der Waals surface area contributed by atoms with Gasteiger partial charge in [0.2, 0.25) is 5.82 Å². The first-order valence-corrected chi connectivity index (χ1v) is 6.85. The molecule has 4 nitrogen and oxygen atoms in total. The van der Waals surface area contributed by atoms with Gasteiger partial charge in [0, 0.05) is 5.56 Å². The van der Waals surface area contributed by atoms with Crippen molar-refractivity contribution >= 4 is 0 Å². The highest BCUT2D eigenvalue weighted by molar-refractivity contribution is 5.53. The maximum absolute atomic E-state index is 13.1. The van der Waals surface area contributed by atoms with Crippen LogP contribution in [0.15, 0.2) is 24.3 Å². The van der Waals surface area contributed by atoms with Gasteiger partial charge in [0.1, 0.15) is 5.82 Å². The lowest BCUT2D eigenvalue weighted by atomic mass is 9.89. The highest BCUT2D eigenvalue weighted by Gasteiger charge is 2.16. The molecule has 0 amide bonds. The van der Waals surface area contributed by atoms with Crippen molar-refractivity contribution in [3.63, 3.8) is 0 Å². The topological polar surface area (TPSA) is 43.6 Å². The van der Waals surface area contributed by atoms with Gasteiger partial charge in [-0.05, 0) is 36.1 Å². The molecule has 2 aromatic rings. The summed E-state index contributed by atoms with van der Waals surface area (Å²) in [5.74, 6) is 0.875. The molecule has 100 valence electrons. The largest absolute Gasteiger partial charge is 0.207 e. The summed E-state index contributed by atoms with van der Waals surface area (Å²) in [6.45, 7) is 0.822. The predicted octanol–water partition coefficient (Wildman–Crippen LogP) is 3.06. The van der Waals surface area contributed by atoms with E-state index < -0.39 is 0 Å². The molecule has 0 N–H and O–H groups in total. The quantitative estimate of drug-likeness (QED) is 0.852. The normalized spacial score (nSPS) is 16.7. The predicted molar refractivity (Wildman–Crippen MR) is 69.8 cm³/mol. The van der Waals surface area contributed by atoms with Crippen LogP contribution in [0.3, 0.4) is 0 Å². The molecule has 1 fully saturated rings. The second-order valence-electron chi connectivity index (χ2n) is 5.18. The Morgan fingerprint density at radius 1 is 1.21 bits per heavy atom. The highest BCUT2D eigenvalue weighted by atomic mass is 19.1. The monoisotopic (exact) mass is 260 g/mol. The minimum absolute atomic E-state index is 0.277. The van der Waals surface area contributed by atoms with E-state index >= 15 is 0 Å². The molecule has 1 aliphatic rings. The summed E-state index contributed by atoms with van der Waals surface area (Å²) in [7, 11) is 0. The van der Waals surface area contributed by atoms with Gasteiger partial charge in [0.25, 0.3) is 0 Å². The third kappa shape index (κ3) is 2.97. The first-order valence-electron chi connectivity index (χ1n) is 6.85. The van der Waals surface area contributed by atoms with E-state index in [9.17, 15) is 4.39 Å². The number of halogens is 1. The van der Waals surface area contributed by atoms with Crippen molar-refractivity contribution in [2.75, 3.05) is 0 Å². The van der Waals surface area contributed by atoms with Crippen molar-refractivity contribution in [3.8, 4) is 11.4 Å². The van der Waals surface area contributed by atoms with Gasteiger partial charge in [0.05, 0.1) is 6.54 Å². The Hall–Kier alpha value is -1.78. The molecule has 0 spiro atoms. The lowest BCUT2D eigenvalue weighted by Crippen LogP contribution is -2.16. The second-order valence-corrected chi connectivity index (χ2v) is 5.18. The fourth-order valence-electron chi connectivity index (χ4n) is 2.66. The van der Waals surface area contributed by atoms with Crippen molar-refractivity contribution in [1.82, 2.24) is 20.2 Å². The Balaban J connectivity index is 1.72. The van der Waals surface area contributed by atoms with E-state index in [-0.39, 0.29) is 5.82 Å². The lowest BCUT2D eigenvalue weighted by Gasteiger charge is -2.20. The van der Waals surface area contributed by atoms with Gasteiger partial charge in [0.15, 0.2) is 0 Å². The standard InChI is InChI=1S/C14H17FN4/c15-13-8-4-7-12(9-13)14-16-18-19(17-14)10-11-5-2-1-3-6-11/h4,7-9,11H,1-3,5-6,10H2. The van der Waals surface area contributed by atoms with Crippen LogP contribution in [0.5, 0.6) is 0 Å². The van der Waals surface area contributed by atoms with E-state index in [2.05, 4.69) is 15.4 Å². The summed E-state index contributed by atoms with van der Waals surface area (Å²) in [5, 5.41) is 12.4. The molecular formula is C14H17FN4. The van der Waals surface area contributed by atoms with E-state index in [1.54, 1.807) is 16.9 Å². The Bertz CT molecular complexity index is 546. The highest BCUT2D eigenvalue weighted by Crippen LogP contribution is 2.24. The summed E-state index contributed by atoms with van der Waals surface area (Å²) >= 11 is 0. The maximum atomic E-state index is 13.1. The van der Waals surface area contributed by atoms with Gasteiger partial charge in [-0.25, -0.2) is 4.39 Å². The van der Waals surface area contributed by atoms with Crippen molar-refractivity contribution in [3.05, 3.63) is 30.1 Å². The number of nitrogens with zero attached hydrogens (tertiary/aromatic N) is 4. The van der Waals surface area contributed by atoms with Crippen LogP contribution in [0, 0.1) is 11.7 Å². The zero-order chi connectivity index (χ0) is 13.1. The first-order chi connectivity index (χ1) is 9.31. The van der Waals surface area contributed by atoms with E-state index in [0.717, 1.165) is 6.54 Å². The molecular weight excluding hydrogens is 243 g/mol. The maximum Gasteiger partial charge on any atom is 0.205 e. The second kappa shape index (κ2) is 5.47. The fourth-order valence-corrected chi connectivity index (χ4v) is 2.66. The number of rotatable bonds is 3. The van der Waals surface area contributed by atoms with Crippen LogP contribution in [-0.2, 0) is 6.54 Å². The first kappa shape index (κ1) is 12.3. The molecule has 0 saturated heterocycles. The summed E-state index contributed by atoms with van der Waals surface area (Å²) in [4.78, 5) is 1.65. The number of aromatic nitrogens is 4. The lowest BCUT2D eigenvalue weighted by molar-refractivity contribution is 0.291. The molecule has 0 aliphatic heterocycles. The van der Waals surface area contributed by atoms with Gasteiger partial charge in [-0.2, -0.15) is 4.80 Å². The van der Waals surface area contributed by atoms with E-state index in [0.29, 0.717) is 17.3 Å². The summed E-state index contributed by atoms with van der Waals surface area (Å²) in [6, 6.07) is 6.30. The number of hydrogen-bond donors (Lipinski definition) is 0. The minimum Gasteiger partial charge on any atom is -0.207 e. The molecule has 0 atom stereocenters. The van der Waals surface area contributed by atoms with Gasteiger partial charge in [-0.1, -0.05) is 31.4 Å². The van der Waals surface area contributed by atoms with Crippen LogP contribution in [-0.4, -0.2) is 20.2 Å². The smallest absolute Gasteiger partial charge is 0.205 e. The van der Waals surface area contributed by atoms with Crippen molar-refractivity contribution in [1.29, 1.82) is 0 Å². The SMILES string of the molecule is Fc1cccc(-c2nnn(CC3CCCCC3)n2)c1. The van der Waals surface area contributed by atoms with E-state index in [4.69, 9.17) is 0 Å². The zero-order valence-corrected chi connectivity index (χ0v) is 10.8. The zero-order valence-electron chi connectivity index (χ0n) is 10.8. The van der Waals surface area contributed by atoms with Crippen LogP contribution < -0.4 is 0 Å². The summed E-state index contributed by atoms with van der Waals surface area (Å²) in [5.41, 5.74) is 0.676. The molecule has 1 saturated carbocycles. The van der Waals surface area contributed by atoms with Gasteiger partial charge in [-0.3, -0.25) is 0 Å². The Labute approximate surface area is 111 Å². The van der Waals surface area contributed by atoms with Crippen LogP contribution in [0.4, 0.5) is 4.39 Å². The number of benzene rings is 1. The Morgan fingerprint density at radius 3 is 2.84 bits per heavy atom. The Kier molecular flexibility index (Phi) is 3.53. The number of hydrogen-bond acceptors (Lipinski definition) is 3. The molecule has 0 radical (unpaired) electrons. The van der Waals surface area contributed by atoms with Gasteiger partial charge >= 0.3 is 0 Å². The molecule has 3 rings (SSSR count). The van der Waals surface area contributed by atoms with Crippen LogP contribution in [0.25, 0.3) is 11.4 Å². The van der Waals surface area contributed by atoms with Gasteiger partial charge < -0.3 is 0 Å². The van der Waals surface area contributed by atoms with Crippen LogP contribution in [0.2, 0.25) is 0 Å². The average molecular weight is 260 g/mol. The molecule has 1 aliphatic carbocycles. The third-order valence-corrected chi connectivity index (χ3v) is 3.68. The molecule has 19 heavy (non-hydrogen) atoms. The molecule has 1 heterocycles. The van der Waals surface area contributed by atoms with E-state index in [1.165, 1.54) is 44.2 Å². The van der Waals surface area contributed by atoms with Crippen molar-refractivity contribution in [2.45, 2.75) is 38.6 Å². The molecule has 0 unspecified atom stereocenters. The third-order valence-electron chi connectivity index (χ3n) is 3.68. The number of tetrazole rings is 1. The summed E-state index contributed by atoms with van der Waals surface area (Å²) < 4.78 is 13.1. The van der Waals surface area contributed by atoms with E-state index in [1.807, 2.05) is 0 Å². The van der Waals surface area contributed by atoms with Crippen molar-refractivity contribution < 1.29 is 4.39 Å². The van der Waals surface area contributed by atoms with Crippen LogP contribution in [0.1, 0.15) is 32.1 Å². The van der Waals surface area contributed by atoms with Gasteiger partial charge in [-0.15, -0.1) is 10.2 Å². The minimum atomic E-state index is -0.277.